The third kappa shape index (κ3) is 1.93. The number of aromatic nitrogens is 1. The number of pyridine rings is 1. The Bertz CT molecular complexity index is 250. The topological polar surface area (TPSA) is 12.9 Å². The molecule has 0 unspecified atom stereocenters. The van der Waals surface area contributed by atoms with Crippen molar-refractivity contribution in [2.45, 2.75) is 26.2 Å². The van der Waals surface area contributed by atoms with Gasteiger partial charge in [0.1, 0.15) is 5.15 Å². The first-order chi connectivity index (χ1) is 5.02. The largest absolute Gasteiger partial charge is 0.244 e. The molecule has 1 aromatic heterocycles. The summed E-state index contributed by atoms with van der Waals surface area (Å²) >= 11 is 5.90. The molecule has 0 bridgehead atoms. The summed E-state index contributed by atoms with van der Waals surface area (Å²) in [6.45, 7) is 6.36. The Morgan fingerprint density at radius 3 is 2.36 bits per heavy atom. The second kappa shape index (κ2) is 2.82. The Hall–Kier alpha value is -0.560. The number of rotatable bonds is 0. The Labute approximate surface area is 72.4 Å². The maximum Gasteiger partial charge on any atom is 0.132 e. The van der Waals surface area contributed by atoms with Crippen LogP contribution in [0.2, 0.25) is 5.15 Å². The first kappa shape index (κ1) is 8.54. The minimum atomic E-state index is 0.0886. The SMILES string of the molecule is CC(C)(C)c1cccnc1Cl. The van der Waals surface area contributed by atoms with Crippen molar-refractivity contribution in [3.05, 3.63) is 29.0 Å². The van der Waals surface area contributed by atoms with Gasteiger partial charge in [-0.15, -0.1) is 0 Å². The summed E-state index contributed by atoms with van der Waals surface area (Å²) < 4.78 is 0. The maximum atomic E-state index is 5.90. The molecule has 60 valence electrons. The van der Waals surface area contributed by atoms with Crippen LogP contribution in [0.3, 0.4) is 0 Å². The fourth-order valence-corrected chi connectivity index (χ4v) is 1.35. The lowest BCUT2D eigenvalue weighted by atomic mass is 9.88. The fourth-order valence-electron chi connectivity index (χ4n) is 0.945. The van der Waals surface area contributed by atoms with Crippen molar-refractivity contribution in [1.29, 1.82) is 0 Å². The van der Waals surface area contributed by atoms with E-state index in [0.717, 1.165) is 5.56 Å². The third-order valence-electron chi connectivity index (χ3n) is 1.57. The molecular formula is C9H12ClN. The van der Waals surface area contributed by atoms with Crippen molar-refractivity contribution in [3.8, 4) is 0 Å². The highest BCUT2D eigenvalue weighted by atomic mass is 35.5. The van der Waals surface area contributed by atoms with Gasteiger partial charge in [0.2, 0.25) is 0 Å². The van der Waals surface area contributed by atoms with Crippen molar-refractivity contribution < 1.29 is 0 Å². The van der Waals surface area contributed by atoms with Crippen LogP contribution < -0.4 is 0 Å². The van der Waals surface area contributed by atoms with E-state index in [1.54, 1.807) is 6.20 Å². The first-order valence-corrected chi connectivity index (χ1v) is 4.00. The summed E-state index contributed by atoms with van der Waals surface area (Å²) in [5, 5.41) is 0.611. The Balaban J connectivity index is 3.14. The molecule has 0 saturated heterocycles. The van der Waals surface area contributed by atoms with E-state index in [0.29, 0.717) is 5.15 Å². The fraction of sp³-hybridized carbons (Fsp3) is 0.444. The number of hydrogen-bond acceptors (Lipinski definition) is 1. The zero-order chi connectivity index (χ0) is 8.48. The smallest absolute Gasteiger partial charge is 0.132 e. The van der Waals surface area contributed by atoms with Crippen LogP contribution in [-0.2, 0) is 5.41 Å². The molecule has 0 fully saturated rings. The highest BCUT2D eigenvalue weighted by Crippen LogP contribution is 2.26. The summed E-state index contributed by atoms with van der Waals surface area (Å²) in [4.78, 5) is 4.01. The second-order valence-electron chi connectivity index (χ2n) is 3.59. The van der Waals surface area contributed by atoms with Gasteiger partial charge in [-0.2, -0.15) is 0 Å². The van der Waals surface area contributed by atoms with E-state index in [2.05, 4.69) is 25.8 Å². The lowest BCUT2D eigenvalue weighted by Gasteiger charge is -2.19. The molecule has 0 aliphatic rings. The average molecular weight is 170 g/mol. The van der Waals surface area contributed by atoms with Crippen LogP contribution in [0.25, 0.3) is 0 Å². The molecule has 0 atom stereocenters. The molecule has 11 heavy (non-hydrogen) atoms. The van der Waals surface area contributed by atoms with Crippen LogP contribution >= 0.6 is 11.6 Å². The predicted octanol–water partition coefficient (Wildman–Crippen LogP) is 3.03. The molecule has 0 aromatic carbocycles. The Morgan fingerprint density at radius 2 is 2.00 bits per heavy atom. The second-order valence-corrected chi connectivity index (χ2v) is 3.95. The van der Waals surface area contributed by atoms with E-state index in [1.807, 2.05) is 12.1 Å². The Kier molecular flexibility index (Phi) is 2.19. The van der Waals surface area contributed by atoms with E-state index in [-0.39, 0.29) is 5.41 Å². The van der Waals surface area contributed by atoms with E-state index >= 15 is 0 Å². The molecule has 0 spiro atoms. The monoisotopic (exact) mass is 169 g/mol. The zero-order valence-corrected chi connectivity index (χ0v) is 7.81. The van der Waals surface area contributed by atoms with Crippen LogP contribution in [0.5, 0.6) is 0 Å². The van der Waals surface area contributed by atoms with Crippen molar-refractivity contribution >= 4 is 11.6 Å². The average Bonchev–Trinajstić information content (AvgIpc) is 1.86. The predicted molar refractivity (Wildman–Crippen MR) is 47.9 cm³/mol. The lowest BCUT2D eigenvalue weighted by molar-refractivity contribution is 0.588. The number of halogens is 1. The van der Waals surface area contributed by atoms with E-state index in [9.17, 15) is 0 Å². The maximum absolute atomic E-state index is 5.90. The molecule has 0 amide bonds. The van der Waals surface area contributed by atoms with Crippen LogP contribution in [0.4, 0.5) is 0 Å². The molecule has 1 nitrogen and oxygen atoms in total. The molecule has 1 rings (SSSR count). The van der Waals surface area contributed by atoms with Gasteiger partial charge in [0, 0.05) is 6.20 Å². The Morgan fingerprint density at radius 1 is 1.36 bits per heavy atom. The van der Waals surface area contributed by atoms with Crippen molar-refractivity contribution in [2.24, 2.45) is 0 Å². The summed E-state index contributed by atoms with van der Waals surface area (Å²) in [5.74, 6) is 0. The number of nitrogens with zero attached hydrogens (tertiary/aromatic N) is 1. The van der Waals surface area contributed by atoms with Crippen LogP contribution in [0.1, 0.15) is 26.3 Å². The summed E-state index contributed by atoms with van der Waals surface area (Å²) in [5.41, 5.74) is 1.19. The normalized spacial score (nSPS) is 11.6. The molecule has 0 aliphatic heterocycles. The molecule has 2 heteroatoms. The van der Waals surface area contributed by atoms with Gasteiger partial charge in [-0.05, 0) is 17.0 Å². The lowest BCUT2D eigenvalue weighted by Crippen LogP contribution is -2.11. The molecule has 0 N–H and O–H groups in total. The summed E-state index contributed by atoms with van der Waals surface area (Å²) in [6.07, 6.45) is 1.71. The van der Waals surface area contributed by atoms with Gasteiger partial charge >= 0.3 is 0 Å². The molecule has 1 heterocycles. The van der Waals surface area contributed by atoms with Gasteiger partial charge in [-0.25, -0.2) is 4.98 Å². The van der Waals surface area contributed by atoms with Gasteiger partial charge < -0.3 is 0 Å². The molecule has 1 aromatic rings. The van der Waals surface area contributed by atoms with Gasteiger partial charge in [-0.3, -0.25) is 0 Å². The zero-order valence-electron chi connectivity index (χ0n) is 7.06. The molecular weight excluding hydrogens is 158 g/mol. The minimum absolute atomic E-state index is 0.0886. The van der Waals surface area contributed by atoms with Crippen LogP contribution in [0.15, 0.2) is 18.3 Å². The minimum Gasteiger partial charge on any atom is -0.244 e. The summed E-state index contributed by atoms with van der Waals surface area (Å²) in [6, 6.07) is 3.92. The molecule has 0 radical (unpaired) electrons. The first-order valence-electron chi connectivity index (χ1n) is 3.63. The van der Waals surface area contributed by atoms with Crippen molar-refractivity contribution in [2.75, 3.05) is 0 Å². The van der Waals surface area contributed by atoms with Crippen LogP contribution in [0, 0.1) is 0 Å². The van der Waals surface area contributed by atoms with Gasteiger partial charge in [-0.1, -0.05) is 38.4 Å². The van der Waals surface area contributed by atoms with Gasteiger partial charge in [0.15, 0.2) is 0 Å². The van der Waals surface area contributed by atoms with E-state index in [4.69, 9.17) is 11.6 Å². The third-order valence-corrected chi connectivity index (χ3v) is 1.87. The van der Waals surface area contributed by atoms with Crippen molar-refractivity contribution in [3.63, 3.8) is 0 Å². The number of hydrogen-bond donors (Lipinski definition) is 0. The highest BCUT2D eigenvalue weighted by molar-refractivity contribution is 6.30. The van der Waals surface area contributed by atoms with Crippen molar-refractivity contribution in [1.82, 2.24) is 4.98 Å². The molecule has 0 aliphatic carbocycles. The quantitative estimate of drug-likeness (QED) is 0.544. The van der Waals surface area contributed by atoms with E-state index in [1.165, 1.54) is 0 Å². The summed E-state index contributed by atoms with van der Waals surface area (Å²) in [7, 11) is 0. The van der Waals surface area contributed by atoms with Crippen LogP contribution in [-0.4, -0.2) is 4.98 Å². The van der Waals surface area contributed by atoms with E-state index < -0.39 is 0 Å². The van der Waals surface area contributed by atoms with Gasteiger partial charge in [0.25, 0.3) is 0 Å². The highest BCUT2D eigenvalue weighted by Gasteiger charge is 2.16. The molecule has 0 saturated carbocycles. The standard InChI is InChI=1S/C9H12ClN/c1-9(2,3)7-5-4-6-11-8(7)10/h4-6H,1-3H3. The van der Waals surface area contributed by atoms with Gasteiger partial charge in [0.05, 0.1) is 0 Å².